The van der Waals surface area contributed by atoms with E-state index in [4.69, 9.17) is 16.1 Å². The van der Waals surface area contributed by atoms with E-state index in [0.717, 1.165) is 17.5 Å². The lowest BCUT2D eigenvalue weighted by atomic mass is 9.98. The molecule has 136 valence electrons. The Morgan fingerprint density at radius 3 is 2.64 bits per heavy atom. The van der Waals surface area contributed by atoms with Crippen LogP contribution in [0, 0.1) is 18.8 Å². The summed E-state index contributed by atoms with van der Waals surface area (Å²) in [6, 6.07) is 5.36. The van der Waals surface area contributed by atoms with Crippen LogP contribution in [0.2, 0.25) is 5.02 Å². The molecule has 2 atom stereocenters. The topological polar surface area (TPSA) is 68.0 Å². The summed E-state index contributed by atoms with van der Waals surface area (Å²) in [6.45, 7) is 10.1. The van der Waals surface area contributed by atoms with E-state index < -0.39 is 0 Å². The number of hydrogen-bond donors (Lipinski definition) is 1. The summed E-state index contributed by atoms with van der Waals surface area (Å²) in [5, 5.41) is 7.77. The predicted molar refractivity (Wildman–Crippen MR) is 99.3 cm³/mol. The Hall–Kier alpha value is -1.88. The standard InChI is InChI=1S/C19H26ClN3O2/c1-6-12(4)17(21-16(24)9-11(2)3)19-22-18(23-25-19)14-8-7-13(5)15(20)10-14/h7-8,10-12,17H,6,9H2,1-5H3,(H,21,24). The van der Waals surface area contributed by atoms with Gasteiger partial charge < -0.3 is 9.84 Å². The smallest absolute Gasteiger partial charge is 0.249 e. The van der Waals surface area contributed by atoms with Crippen LogP contribution in [0.5, 0.6) is 0 Å². The molecule has 1 aromatic carbocycles. The second kappa shape index (κ2) is 8.48. The first kappa shape index (κ1) is 19.4. The maximum atomic E-state index is 12.2. The van der Waals surface area contributed by atoms with Gasteiger partial charge in [0.2, 0.25) is 17.6 Å². The van der Waals surface area contributed by atoms with Crippen molar-refractivity contribution in [2.24, 2.45) is 11.8 Å². The molecule has 0 radical (unpaired) electrons. The molecule has 0 bridgehead atoms. The van der Waals surface area contributed by atoms with E-state index in [-0.39, 0.29) is 17.9 Å². The van der Waals surface area contributed by atoms with Gasteiger partial charge in [-0.15, -0.1) is 0 Å². The molecule has 2 unspecified atom stereocenters. The van der Waals surface area contributed by atoms with Crippen molar-refractivity contribution in [2.75, 3.05) is 0 Å². The number of aromatic nitrogens is 2. The normalized spacial score (nSPS) is 13.7. The van der Waals surface area contributed by atoms with E-state index in [1.54, 1.807) is 0 Å². The van der Waals surface area contributed by atoms with Gasteiger partial charge in [-0.25, -0.2) is 0 Å². The van der Waals surface area contributed by atoms with Crippen LogP contribution in [0.4, 0.5) is 0 Å². The van der Waals surface area contributed by atoms with Crippen molar-refractivity contribution in [1.29, 1.82) is 0 Å². The number of rotatable bonds is 7. The largest absolute Gasteiger partial charge is 0.344 e. The number of nitrogens with one attached hydrogen (secondary N) is 1. The fourth-order valence-electron chi connectivity index (χ4n) is 2.50. The predicted octanol–water partition coefficient (Wildman–Crippen LogP) is 4.95. The highest BCUT2D eigenvalue weighted by atomic mass is 35.5. The molecule has 0 aliphatic carbocycles. The number of aryl methyl sites for hydroxylation is 1. The molecule has 5 nitrogen and oxygen atoms in total. The van der Waals surface area contributed by atoms with Gasteiger partial charge in [0.25, 0.3) is 0 Å². The Morgan fingerprint density at radius 2 is 2.04 bits per heavy atom. The van der Waals surface area contributed by atoms with Crippen molar-refractivity contribution in [2.45, 2.75) is 53.5 Å². The third-order valence-corrected chi connectivity index (χ3v) is 4.67. The molecule has 1 aromatic heterocycles. The van der Waals surface area contributed by atoms with Crippen LogP contribution in [-0.2, 0) is 4.79 Å². The number of benzene rings is 1. The van der Waals surface area contributed by atoms with Gasteiger partial charge >= 0.3 is 0 Å². The second-order valence-electron chi connectivity index (χ2n) is 6.95. The Bertz CT molecular complexity index is 727. The molecule has 0 fully saturated rings. The van der Waals surface area contributed by atoms with Gasteiger partial charge in [0.05, 0.1) is 0 Å². The van der Waals surface area contributed by atoms with Crippen LogP contribution in [0.1, 0.15) is 58.0 Å². The fraction of sp³-hybridized carbons (Fsp3) is 0.526. The molecular formula is C19H26ClN3O2. The quantitative estimate of drug-likeness (QED) is 0.755. The molecule has 2 rings (SSSR count). The summed E-state index contributed by atoms with van der Waals surface area (Å²) in [5.74, 6) is 1.39. The SMILES string of the molecule is CCC(C)C(NC(=O)CC(C)C)c1nc(-c2ccc(C)c(Cl)c2)no1. The van der Waals surface area contributed by atoms with E-state index >= 15 is 0 Å². The highest BCUT2D eigenvalue weighted by Gasteiger charge is 2.26. The van der Waals surface area contributed by atoms with Gasteiger partial charge in [-0.3, -0.25) is 4.79 Å². The first-order chi connectivity index (χ1) is 11.8. The van der Waals surface area contributed by atoms with Crippen molar-refractivity contribution < 1.29 is 9.32 Å². The molecule has 1 N–H and O–H groups in total. The minimum absolute atomic E-state index is 0.00145. The summed E-state index contributed by atoms with van der Waals surface area (Å²) < 4.78 is 5.46. The molecule has 6 heteroatoms. The van der Waals surface area contributed by atoms with Crippen molar-refractivity contribution >= 4 is 17.5 Å². The summed E-state index contributed by atoms with van der Waals surface area (Å²) >= 11 is 6.18. The average molecular weight is 364 g/mol. The zero-order valence-corrected chi connectivity index (χ0v) is 16.2. The van der Waals surface area contributed by atoms with E-state index in [2.05, 4.69) is 29.3 Å². The molecule has 1 amide bonds. The zero-order chi connectivity index (χ0) is 18.6. The average Bonchev–Trinajstić information content (AvgIpc) is 3.03. The van der Waals surface area contributed by atoms with Crippen LogP contribution >= 0.6 is 11.6 Å². The van der Waals surface area contributed by atoms with Gasteiger partial charge in [-0.2, -0.15) is 4.98 Å². The molecule has 25 heavy (non-hydrogen) atoms. The number of halogens is 1. The molecular weight excluding hydrogens is 338 g/mol. The third kappa shape index (κ3) is 5.05. The lowest BCUT2D eigenvalue weighted by molar-refractivity contribution is -0.123. The fourth-order valence-corrected chi connectivity index (χ4v) is 2.68. The molecule has 0 aliphatic heterocycles. The molecule has 1 heterocycles. The van der Waals surface area contributed by atoms with Crippen molar-refractivity contribution in [3.05, 3.63) is 34.7 Å². The van der Waals surface area contributed by atoms with Crippen molar-refractivity contribution in [1.82, 2.24) is 15.5 Å². The Kier molecular flexibility index (Phi) is 6.59. The monoisotopic (exact) mass is 363 g/mol. The van der Waals surface area contributed by atoms with Gasteiger partial charge in [0, 0.05) is 17.0 Å². The highest BCUT2D eigenvalue weighted by Crippen LogP contribution is 2.27. The lowest BCUT2D eigenvalue weighted by Crippen LogP contribution is -2.33. The Morgan fingerprint density at radius 1 is 1.32 bits per heavy atom. The molecule has 0 saturated heterocycles. The Balaban J connectivity index is 2.25. The summed E-state index contributed by atoms with van der Waals surface area (Å²) in [4.78, 5) is 16.7. The highest BCUT2D eigenvalue weighted by molar-refractivity contribution is 6.31. The number of carbonyl (C=O) groups excluding carboxylic acids is 1. The maximum Gasteiger partial charge on any atom is 0.249 e. The minimum atomic E-state index is -0.293. The van der Waals surface area contributed by atoms with Gasteiger partial charge in [0.1, 0.15) is 6.04 Å². The maximum absolute atomic E-state index is 12.2. The Labute approximate surface area is 154 Å². The van der Waals surface area contributed by atoms with E-state index in [9.17, 15) is 4.79 Å². The van der Waals surface area contributed by atoms with E-state index in [0.29, 0.717) is 29.1 Å². The number of carbonyl (C=O) groups is 1. The van der Waals surface area contributed by atoms with Crippen LogP contribution in [0.3, 0.4) is 0 Å². The van der Waals surface area contributed by atoms with Crippen LogP contribution < -0.4 is 5.32 Å². The second-order valence-corrected chi connectivity index (χ2v) is 7.36. The molecule has 0 spiro atoms. The minimum Gasteiger partial charge on any atom is -0.344 e. The van der Waals surface area contributed by atoms with Crippen molar-refractivity contribution in [3.8, 4) is 11.4 Å². The molecule has 0 saturated carbocycles. The number of amides is 1. The van der Waals surface area contributed by atoms with Gasteiger partial charge in [0.15, 0.2) is 0 Å². The summed E-state index contributed by atoms with van der Waals surface area (Å²) in [6.07, 6.45) is 1.36. The molecule has 0 aliphatic rings. The summed E-state index contributed by atoms with van der Waals surface area (Å²) in [5.41, 5.74) is 1.79. The van der Waals surface area contributed by atoms with Gasteiger partial charge in [-0.05, 0) is 30.4 Å². The van der Waals surface area contributed by atoms with Crippen LogP contribution in [0.15, 0.2) is 22.7 Å². The first-order valence-electron chi connectivity index (χ1n) is 8.71. The van der Waals surface area contributed by atoms with E-state index in [1.807, 2.05) is 39.0 Å². The summed E-state index contributed by atoms with van der Waals surface area (Å²) in [7, 11) is 0. The molecule has 2 aromatic rings. The number of nitrogens with zero attached hydrogens (tertiary/aromatic N) is 2. The van der Waals surface area contributed by atoms with Crippen LogP contribution in [0.25, 0.3) is 11.4 Å². The van der Waals surface area contributed by atoms with Crippen molar-refractivity contribution in [3.63, 3.8) is 0 Å². The lowest BCUT2D eigenvalue weighted by Gasteiger charge is -2.21. The number of hydrogen-bond acceptors (Lipinski definition) is 4. The third-order valence-electron chi connectivity index (χ3n) is 4.26. The van der Waals surface area contributed by atoms with E-state index in [1.165, 1.54) is 0 Å². The zero-order valence-electron chi connectivity index (χ0n) is 15.5. The first-order valence-corrected chi connectivity index (χ1v) is 9.09. The van der Waals surface area contributed by atoms with Gasteiger partial charge in [-0.1, -0.05) is 63.0 Å². The van der Waals surface area contributed by atoms with Crippen LogP contribution in [-0.4, -0.2) is 16.0 Å².